The summed E-state index contributed by atoms with van der Waals surface area (Å²) < 4.78 is 1.79. The largest absolute Gasteiger partial charge is 0.266 e. The van der Waals surface area contributed by atoms with Crippen molar-refractivity contribution in [3.63, 3.8) is 0 Å². The Morgan fingerprint density at radius 3 is 3.00 bits per heavy atom. The van der Waals surface area contributed by atoms with E-state index >= 15 is 0 Å². The van der Waals surface area contributed by atoms with Crippen LogP contribution in [-0.2, 0) is 0 Å². The van der Waals surface area contributed by atoms with Crippen LogP contribution in [0.1, 0.15) is 5.82 Å². The van der Waals surface area contributed by atoms with E-state index in [1.54, 1.807) is 23.1 Å². The molecule has 0 aromatic carbocycles. The normalized spacial score (nSPS) is 10.8. The van der Waals surface area contributed by atoms with E-state index in [4.69, 9.17) is 0 Å². The van der Waals surface area contributed by atoms with Crippen LogP contribution < -0.4 is 0 Å². The Labute approximate surface area is 91.1 Å². The van der Waals surface area contributed by atoms with E-state index in [2.05, 4.69) is 24.9 Å². The third-order valence-electron chi connectivity index (χ3n) is 2.22. The Hall–Kier alpha value is -2.37. The zero-order valence-corrected chi connectivity index (χ0v) is 8.57. The molecule has 0 radical (unpaired) electrons. The lowest BCUT2D eigenvalue weighted by molar-refractivity contribution is 0.993. The van der Waals surface area contributed by atoms with E-state index in [-0.39, 0.29) is 0 Å². The first kappa shape index (κ1) is 8.90. The number of hydrogen-bond acceptors (Lipinski definition) is 5. The van der Waals surface area contributed by atoms with E-state index in [1.165, 1.54) is 6.33 Å². The lowest BCUT2D eigenvalue weighted by Crippen LogP contribution is -1.96. The molecule has 0 saturated carbocycles. The minimum absolute atomic E-state index is 0.714. The van der Waals surface area contributed by atoms with Gasteiger partial charge in [-0.1, -0.05) is 0 Å². The maximum atomic E-state index is 4.32. The fourth-order valence-electron chi connectivity index (χ4n) is 1.52. The molecule has 0 spiro atoms. The highest BCUT2D eigenvalue weighted by molar-refractivity contribution is 5.55. The van der Waals surface area contributed by atoms with Crippen molar-refractivity contribution in [2.45, 2.75) is 6.92 Å². The van der Waals surface area contributed by atoms with Gasteiger partial charge in [0, 0.05) is 6.20 Å². The van der Waals surface area contributed by atoms with E-state index in [0.717, 1.165) is 17.2 Å². The number of imidazole rings is 1. The van der Waals surface area contributed by atoms with Crippen LogP contribution in [0, 0.1) is 6.92 Å². The molecule has 0 saturated heterocycles. The number of nitrogens with zero attached hydrogens (tertiary/aromatic N) is 6. The number of aromatic nitrogens is 6. The smallest absolute Gasteiger partial charge is 0.165 e. The van der Waals surface area contributed by atoms with Crippen LogP contribution in [0.15, 0.2) is 31.1 Å². The Bertz CT molecular complexity index is 644. The first-order chi connectivity index (χ1) is 7.84. The highest BCUT2D eigenvalue weighted by atomic mass is 15.1. The van der Waals surface area contributed by atoms with E-state index in [0.29, 0.717) is 5.82 Å². The molecular weight excluding hydrogens is 204 g/mol. The molecule has 0 bridgehead atoms. The van der Waals surface area contributed by atoms with Crippen LogP contribution in [0.3, 0.4) is 0 Å². The van der Waals surface area contributed by atoms with Gasteiger partial charge in [-0.05, 0) is 13.0 Å². The van der Waals surface area contributed by atoms with Crippen molar-refractivity contribution in [1.82, 2.24) is 29.3 Å². The molecule has 0 aliphatic carbocycles. The van der Waals surface area contributed by atoms with Gasteiger partial charge in [-0.2, -0.15) is 0 Å². The Kier molecular flexibility index (Phi) is 1.86. The number of hydrogen-bond donors (Lipinski definition) is 0. The van der Waals surface area contributed by atoms with Crippen LogP contribution in [0.2, 0.25) is 0 Å². The van der Waals surface area contributed by atoms with Crippen molar-refractivity contribution >= 4 is 5.65 Å². The molecule has 78 valence electrons. The number of fused-ring (bicyclic) bond motifs is 1. The number of rotatable bonds is 1. The van der Waals surface area contributed by atoms with Crippen LogP contribution >= 0.6 is 0 Å². The minimum atomic E-state index is 0.714. The van der Waals surface area contributed by atoms with Gasteiger partial charge in [0.2, 0.25) is 0 Å². The fraction of sp³-hybridized carbons (Fsp3) is 0.100. The molecule has 3 rings (SSSR count). The van der Waals surface area contributed by atoms with Gasteiger partial charge < -0.3 is 0 Å². The Morgan fingerprint density at radius 1 is 1.19 bits per heavy atom. The van der Waals surface area contributed by atoms with Gasteiger partial charge in [0.1, 0.15) is 24.2 Å². The summed E-state index contributed by atoms with van der Waals surface area (Å²) in [7, 11) is 0. The standard InChI is InChI=1S/C10H8N6/c1-7-12-3-2-8(15-7)10-13-4-9-14-5-11-6-16(9)10/h2-6H,1H3. The van der Waals surface area contributed by atoms with E-state index in [9.17, 15) is 0 Å². The van der Waals surface area contributed by atoms with Gasteiger partial charge in [-0.15, -0.1) is 0 Å². The minimum Gasteiger partial charge on any atom is -0.266 e. The second-order valence-corrected chi connectivity index (χ2v) is 3.31. The predicted molar refractivity (Wildman–Crippen MR) is 56.5 cm³/mol. The topological polar surface area (TPSA) is 68.9 Å². The van der Waals surface area contributed by atoms with Crippen molar-refractivity contribution in [3.8, 4) is 11.5 Å². The van der Waals surface area contributed by atoms with Crippen LogP contribution in [0.5, 0.6) is 0 Å². The Morgan fingerprint density at radius 2 is 2.12 bits per heavy atom. The average molecular weight is 212 g/mol. The summed E-state index contributed by atoms with van der Waals surface area (Å²) >= 11 is 0. The molecule has 0 aliphatic heterocycles. The van der Waals surface area contributed by atoms with Crippen molar-refractivity contribution in [2.75, 3.05) is 0 Å². The monoisotopic (exact) mass is 212 g/mol. The molecule has 0 unspecified atom stereocenters. The molecule has 6 heteroatoms. The van der Waals surface area contributed by atoms with Gasteiger partial charge in [-0.3, -0.25) is 4.40 Å². The molecule has 3 aromatic heterocycles. The number of aryl methyl sites for hydroxylation is 1. The average Bonchev–Trinajstić information content (AvgIpc) is 2.72. The van der Waals surface area contributed by atoms with Crippen molar-refractivity contribution in [1.29, 1.82) is 0 Å². The zero-order valence-electron chi connectivity index (χ0n) is 8.57. The third-order valence-corrected chi connectivity index (χ3v) is 2.22. The van der Waals surface area contributed by atoms with Crippen LogP contribution in [-0.4, -0.2) is 29.3 Å². The second-order valence-electron chi connectivity index (χ2n) is 3.31. The lowest BCUT2D eigenvalue weighted by Gasteiger charge is -1.99. The van der Waals surface area contributed by atoms with Crippen LogP contribution in [0.4, 0.5) is 0 Å². The van der Waals surface area contributed by atoms with Crippen LogP contribution in [0.25, 0.3) is 17.2 Å². The molecule has 16 heavy (non-hydrogen) atoms. The van der Waals surface area contributed by atoms with Crippen molar-refractivity contribution in [3.05, 3.63) is 36.9 Å². The molecule has 0 amide bonds. The molecule has 0 fully saturated rings. The highest BCUT2D eigenvalue weighted by Crippen LogP contribution is 2.15. The zero-order chi connectivity index (χ0) is 11.0. The molecule has 3 heterocycles. The SMILES string of the molecule is Cc1nccc(-c2ncc3ncncn23)n1. The van der Waals surface area contributed by atoms with Crippen molar-refractivity contribution in [2.24, 2.45) is 0 Å². The summed E-state index contributed by atoms with van der Waals surface area (Å²) in [5.41, 5.74) is 1.52. The van der Waals surface area contributed by atoms with Gasteiger partial charge in [0.25, 0.3) is 0 Å². The molecule has 0 aliphatic rings. The molecule has 0 N–H and O–H groups in total. The van der Waals surface area contributed by atoms with E-state index in [1.807, 2.05) is 13.0 Å². The summed E-state index contributed by atoms with van der Waals surface area (Å²) in [4.78, 5) is 20.7. The van der Waals surface area contributed by atoms with Gasteiger partial charge in [-0.25, -0.2) is 24.9 Å². The summed E-state index contributed by atoms with van der Waals surface area (Å²) in [6.07, 6.45) is 6.56. The molecule has 3 aromatic rings. The lowest BCUT2D eigenvalue weighted by atomic mass is 10.4. The van der Waals surface area contributed by atoms with Gasteiger partial charge in [0.05, 0.1) is 6.20 Å². The maximum Gasteiger partial charge on any atom is 0.165 e. The van der Waals surface area contributed by atoms with Crippen molar-refractivity contribution < 1.29 is 0 Å². The molecule has 6 nitrogen and oxygen atoms in total. The fourth-order valence-corrected chi connectivity index (χ4v) is 1.52. The summed E-state index contributed by atoms with van der Waals surface area (Å²) in [6, 6.07) is 1.81. The first-order valence-corrected chi connectivity index (χ1v) is 4.78. The highest BCUT2D eigenvalue weighted by Gasteiger charge is 2.08. The predicted octanol–water partition coefficient (Wildman–Crippen LogP) is 0.890. The van der Waals surface area contributed by atoms with E-state index < -0.39 is 0 Å². The third kappa shape index (κ3) is 1.31. The Balaban J connectivity index is 2.26. The quantitative estimate of drug-likeness (QED) is 0.599. The second kappa shape index (κ2) is 3.34. The summed E-state index contributed by atoms with van der Waals surface area (Å²) in [5.74, 6) is 1.44. The first-order valence-electron chi connectivity index (χ1n) is 4.78. The summed E-state index contributed by atoms with van der Waals surface area (Å²) in [5, 5.41) is 0. The molecule has 0 atom stereocenters. The van der Waals surface area contributed by atoms with Gasteiger partial charge in [0.15, 0.2) is 11.5 Å². The maximum absolute atomic E-state index is 4.32. The summed E-state index contributed by atoms with van der Waals surface area (Å²) in [6.45, 7) is 1.84. The van der Waals surface area contributed by atoms with Gasteiger partial charge >= 0.3 is 0 Å². The molecular formula is C10H8N6.